The molecule has 0 amide bonds. The average molecular weight is 361 g/mol. The van der Waals surface area contributed by atoms with Gasteiger partial charge in [0, 0.05) is 10.7 Å². The van der Waals surface area contributed by atoms with E-state index in [-0.39, 0.29) is 17.1 Å². The predicted molar refractivity (Wildman–Crippen MR) is 73.6 cm³/mol. The molecule has 0 aliphatic rings. The zero-order valence-electron chi connectivity index (χ0n) is 10.3. The second kappa shape index (κ2) is 5.72. The Morgan fingerprint density at radius 3 is 2.57 bits per heavy atom. The number of aromatic nitrogens is 1. The maximum Gasteiger partial charge on any atom is 0.419 e. The van der Waals surface area contributed by atoms with Gasteiger partial charge in [-0.3, -0.25) is 0 Å². The number of rotatable bonds is 3. The molecule has 0 bridgehead atoms. The molecule has 21 heavy (non-hydrogen) atoms. The van der Waals surface area contributed by atoms with Crippen LogP contribution in [0.25, 0.3) is 0 Å². The first-order valence-electron chi connectivity index (χ1n) is 5.61. The van der Waals surface area contributed by atoms with Crippen molar-refractivity contribution in [2.45, 2.75) is 6.18 Å². The zero-order chi connectivity index (χ0) is 15.6. The van der Waals surface area contributed by atoms with E-state index in [9.17, 15) is 18.0 Å². The van der Waals surface area contributed by atoms with Crippen LogP contribution in [0, 0.1) is 0 Å². The van der Waals surface area contributed by atoms with Gasteiger partial charge in [-0.05, 0) is 46.3 Å². The van der Waals surface area contributed by atoms with Crippen molar-refractivity contribution in [3.05, 3.63) is 52.1 Å². The maximum absolute atomic E-state index is 12.9. The Morgan fingerprint density at radius 1 is 1.29 bits per heavy atom. The highest BCUT2D eigenvalue weighted by Crippen LogP contribution is 2.36. The molecule has 4 nitrogen and oxygen atoms in total. The molecule has 8 heteroatoms. The summed E-state index contributed by atoms with van der Waals surface area (Å²) < 4.78 is 38.9. The predicted octanol–water partition coefficient (Wildman–Crippen LogP) is 4.30. The van der Waals surface area contributed by atoms with Gasteiger partial charge in [0.2, 0.25) is 0 Å². The number of halogens is 4. The normalized spacial score (nSPS) is 11.2. The molecule has 1 heterocycles. The van der Waals surface area contributed by atoms with Gasteiger partial charge in [0.05, 0.1) is 16.8 Å². The van der Waals surface area contributed by atoms with Crippen LogP contribution in [-0.4, -0.2) is 16.1 Å². The Kier molecular flexibility index (Phi) is 4.17. The van der Waals surface area contributed by atoms with E-state index >= 15 is 0 Å². The topological polar surface area (TPSA) is 62.2 Å². The Balaban J connectivity index is 2.38. The van der Waals surface area contributed by atoms with E-state index in [2.05, 4.69) is 26.2 Å². The fourth-order valence-electron chi connectivity index (χ4n) is 1.61. The van der Waals surface area contributed by atoms with Crippen molar-refractivity contribution >= 4 is 33.4 Å². The number of nitrogens with zero attached hydrogens (tertiary/aromatic N) is 1. The summed E-state index contributed by atoms with van der Waals surface area (Å²) in [6, 6.07) is 6.04. The van der Waals surface area contributed by atoms with E-state index < -0.39 is 17.7 Å². The van der Waals surface area contributed by atoms with Crippen molar-refractivity contribution < 1.29 is 23.1 Å². The molecule has 0 saturated heterocycles. The molecule has 0 unspecified atom stereocenters. The summed E-state index contributed by atoms with van der Waals surface area (Å²) in [5.41, 5.74) is -0.604. The quantitative estimate of drug-likeness (QED) is 0.856. The van der Waals surface area contributed by atoms with Gasteiger partial charge in [-0.2, -0.15) is 13.2 Å². The molecular weight excluding hydrogens is 353 g/mol. The average Bonchev–Trinajstić information content (AvgIpc) is 2.40. The first-order chi connectivity index (χ1) is 9.79. The highest BCUT2D eigenvalue weighted by atomic mass is 79.9. The number of alkyl halides is 3. The van der Waals surface area contributed by atoms with Gasteiger partial charge in [0.15, 0.2) is 0 Å². The van der Waals surface area contributed by atoms with Crippen molar-refractivity contribution in [2.75, 3.05) is 5.32 Å². The minimum absolute atomic E-state index is 0.0180. The third-order valence-corrected chi connectivity index (χ3v) is 3.24. The minimum Gasteiger partial charge on any atom is -0.478 e. The number of hydrogen-bond donors (Lipinski definition) is 2. The summed E-state index contributed by atoms with van der Waals surface area (Å²) in [5.74, 6) is -1.48. The molecule has 0 aliphatic heterocycles. The van der Waals surface area contributed by atoms with Crippen LogP contribution in [0.4, 0.5) is 24.7 Å². The molecule has 0 fully saturated rings. The van der Waals surface area contributed by atoms with E-state index in [1.54, 1.807) is 0 Å². The van der Waals surface area contributed by atoms with Gasteiger partial charge in [-0.25, -0.2) is 9.78 Å². The van der Waals surface area contributed by atoms with Gasteiger partial charge >= 0.3 is 12.1 Å². The Morgan fingerprint density at radius 2 is 2.00 bits per heavy atom. The molecule has 2 aromatic rings. The number of pyridine rings is 1. The van der Waals surface area contributed by atoms with E-state index in [1.807, 2.05) is 0 Å². The van der Waals surface area contributed by atoms with E-state index in [0.29, 0.717) is 4.47 Å². The summed E-state index contributed by atoms with van der Waals surface area (Å²) >= 11 is 3.11. The molecule has 1 aromatic carbocycles. The van der Waals surface area contributed by atoms with Crippen molar-refractivity contribution in [3.8, 4) is 0 Å². The van der Waals surface area contributed by atoms with Crippen LogP contribution in [0.5, 0.6) is 0 Å². The van der Waals surface area contributed by atoms with Crippen LogP contribution in [0.15, 0.2) is 41.0 Å². The number of nitrogens with one attached hydrogen (secondary N) is 1. The van der Waals surface area contributed by atoms with Gasteiger partial charge in [-0.15, -0.1) is 0 Å². The maximum atomic E-state index is 12.9. The monoisotopic (exact) mass is 360 g/mol. The van der Waals surface area contributed by atoms with Crippen molar-refractivity contribution in [3.63, 3.8) is 0 Å². The summed E-state index contributed by atoms with van der Waals surface area (Å²) in [7, 11) is 0. The third kappa shape index (κ3) is 3.52. The van der Waals surface area contributed by atoms with Crippen LogP contribution in [0.2, 0.25) is 0 Å². The lowest BCUT2D eigenvalue weighted by molar-refractivity contribution is -0.137. The van der Waals surface area contributed by atoms with Gasteiger partial charge in [0.25, 0.3) is 0 Å². The number of carboxylic acid groups (broad SMARTS) is 1. The van der Waals surface area contributed by atoms with Crippen molar-refractivity contribution in [2.24, 2.45) is 0 Å². The van der Waals surface area contributed by atoms with Gasteiger partial charge in [-0.1, -0.05) is 0 Å². The van der Waals surface area contributed by atoms with Gasteiger partial charge < -0.3 is 10.4 Å². The number of hydrogen-bond acceptors (Lipinski definition) is 3. The van der Waals surface area contributed by atoms with E-state index in [4.69, 9.17) is 5.11 Å². The van der Waals surface area contributed by atoms with Gasteiger partial charge in [0.1, 0.15) is 5.82 Å². The van der Waals surface area contributed by atoms with Crippen LogP contribution in [0.1, 0.15) is 15.9 Å². The van der Waals surface area contributed by atoms with Crippen LogP contribution in [0.3, 0.4) is 0 Å². The largest absolute Gasteiger partial charge is 0.478 e. The molecule has 0 atom stereocenters. The third-order valence-electron chi connectivity index (χ3n) is 2.58. The SMILES string of the molecule is O=C(O)c1ccc(Nc2ncccc2C(F)(F)F)c(Br)c1. The fraction of sp³-hybridized carbons (Fsp3) is 0.0769. The summed E-state index contributed by atoms with van der Waals surface area (Å²) in [6.07, 6.45) is -3.30. The number of aromatic carboxylic acids is 1. The smallest absolute Gasteiger partial charge is 0.419 e. The molecule has 2 rings (SSSR count). The number of carboxylic acids is 1. The summed E-state index contributed by atoms with van der Waals surface area (Å²) in [6.45, 7) is 0. The second-order valence-corrected chi connectivity index (χ2v) is 4.88. The summed E-state index contributed by atoms with van der Waals surface area (Å²) in [5, 5.41) is 11.4. The van der Waals surface area contributed by atoms with Crippen LogP contribution in [-0.2, 0) is 6.18 Å². The number of benzene rings is 1. The molecule has 0 aliphatic carbocycles. The lowest BCUT2D eigenvalue weighted by Gasteiger charge is -2.14. The molecule has 0 spiro atoms. The van der Waals surface area contributed by atoms with Crippen molar-refractivity contribution in [1.29, 1.82) is 0 Å². The number of carbonyl (C=O) groups is 1. The van der Waals surface area contributed by atoms with E-state index in [0.717, 1.165) is 6.07 Å². The first kappa shape index (κ1) is 15.3. The Labute approximate surface area is 125 Å². The van der Waals surface area contributed by atoms with Crippen LogP contribution >= 0.6 is 15.9 Å². The molecule has 0 radical (unpaired) electrons. The van der Waals surface area contributed by atoms with Crippen molar-refractivity contribution in [1.82, 2.24) is 4.98 Å². The Bertz CT molecular complexity index is 689. The van der Waals surface area contributed by atoms with E-state index in [1.165, 1.54) is 30.5 Å². The lowest BCUT2D eigenvalue weighted by Crippen LogP contribution is -2.10. The lowest BCUT2D eigenvalue weighted by atomic mass is 10.2. The molecule has 110 valence electrons. The fourth-order valence-corrected chi connectivity index (χ4v) is 2.09. The molecule has 2 N–H and O–H groups in total. The molecule has 0 saturated carbocycles. The molecule has 1 aromatic heterocycles. The zero-order valence-corrected chi connectivity index (χ0v) is 11.9. The number of anilines is 2. The standard InChI is InChI=1S/C13H8BrF3N2O2/c14-9-6-7(12(20)21)3-4-10(9)19-11-8(13(15,16)17)2-1-5-18-11/h1-6H,(H,18,19)(H,20,21). The highest BCUT2D eigenvalue weighted by molar-refractivity contribution is 9.10. The molecular formula is C13H8BrF3N2O2. The first-order valence-corrected chi connectivity index (χ1v) is 6.40. The second-order valence-electron chi connectivity index (χ2n) is 4.02. The summed E-state index contributed by atoms with van der Waals surface area (Å²) in [4.78, 5) is 14.5. The highest BCUT2D eigenvalue weighted by Gasteiger charge is 2.34. The van der Waals surface area contributed by atoms with Crippen LogP contribution < -0.4 is 5.32 Å². The minimum atomic E-state index is -4.54. The Hall–Kier alpha value is -2.09.